The fourth-order valence-electron chi connectivity index (χ4n) is 3.03. The standard InChI is InChI=1S/C15H17NO3S/c17-14(16-11-6-3-5-10(11)15(18)19)13-8-9-4-1-2-7-12(9)20-13/h1-2,4,7,10-11,13H,3,5-6,8H2,(H,16,17)(H,18,19). The average molecular weight is 291 g/mol. The monoisotopic (exact) mass is 291 g/mol. The molecule has 0 bridgehead atoms. The first-order chi connectivity index (χ1) is 9.65. The second kappa shape index (κ2) is 5.48. The molecule has 0 radical (unpaired) electrons. The van der Waals surface area contributed by atoms with Crippen LogP contribution in [0.25, 0.3) is 0 Å². The zero-order chi connectivity index (χ0) is 14.1. The van der Waals surface area contributed by atoms with E-state index in [4.69, 9.17) is 5.11 Å². The molecule has 20 heavy (non-hydrogen) atoms. The number of benzene rings is 1. The summed E-state index contributed by atoms with van der Waals surface area (Å²) in [4.78, 5) is 24.6. The van der Waals surface area contributed by atoms with Crippen molar-refractivity contribution in [1.29, 1.82) is 0 Å². The Balaban J connectivity index is 1.63. The molecule has 1 aliphatic carbocycles. The van der Waals surface area contributed by atoms with Gasteiger partial charge in [0, 0.05) is 10.9 Å². The second-order valence-electron chi connectivity index (χ2n) is 5.41. The molecule has 1 aromatic carbocycles. The third kappa shape index (κ3) is 2.54. The minimum Gasteiger partial charge on any atom is -0.481 e. The normalized spacial score (nSPS) is 28.1. The SMILES string of the molecule is O=C(NC1CCCC1C(=O)O)C1Cc2ccccc2S1. The lowest BCUT2D eigenvalue weighted by Crippen LogP contribution is -2.43. The minimum atomic E-state index is -0.796. The number of hydrogen-bond acceptors (Lipinski definition) is 3. The van der Waals surface area contributed by atoms with E-state index in [1.54, 1.807) is 11.8 Å². The first-order valence-corrected chi connectivity index (χ1v) is 7.81. The largest absolute Gasteiger partial charge is 0.481 e. The smallest absolute Gasteiger partial charge is 0.308 e. The predicted molar refractivity (Wildman–Crippen MR) is 76.7 cm³/mol. The lowest BCUT2D eigenvalue weighted by atomic mass is 10.0. The maximum Gasteiger partial charge on any atom is 0.308 e. The summed E-state index contributed by atoms with van der Waals surface area (Å²) in [5.74, 6) is -1.24. The third-order valence-corrected chi connectivity index (χ3v) is 5.42. The van der Waals surface area contributed by atoms with Gasteiger partial charge in [0.15, 0.2) is 0 Å². The number of hydrogen-bond donors (Lipinski definition) is 2. The maximum atomic E-state index is 12.3. The number of amides is 1. The Morgan fingerprint density at radius 3 is 2.80 bits per heavy atom. The molecule has 3 unspecified atom stereocenters. The second-order valence-corrected chi connectivity index (χ2v) is 6.65. The molecule has 2 N–H and O–H groups in total. The van der Waals surface area contributed by atoms with Crippen molar-refractivity contribution >= 4 is 23.6 Å². The molecule has 5 heteroatoms. The number of aliphatic carboxylic acids is 1. The van der Waals surface area contributed by atoms with Crippen LogP contribution in [0.1, 0.15) is 24.8 Å². The molecule has 1 heterocycles. The highest BCUT2D eigenvalue weighted by molar-refractivity contribution is 8.01. The number of carboxylic acids is 1. The lowest BCUT2D eigenvalue weighted by Gasteiger charge is -2.19. The molecular weight excluding hydrogens is 274 g/mol. The number of nitrogens with one attached hydrogen (secondary N) is 1. The van der Waals surface area contributed by atoms with Gasteiger partial charge in [0.2, 0.25) is 5.91 Å². The molecule has 4 nitrogen and oxygen atoms in total. The van der Waals surface area contributed by atoms with Crippen LogP contribution < -0.4 is 5.32 Å². The van der Waals surface area contributed by atoms with Gasteiger partial charge in [0.1, 0.15) is 0 Å². The lowest BCUT2D eigenvalue weighted by molar-refractivity contribution is -0.142. The zero-order valence-corrected chi connectivity index (χ0v) is 11.9. The summed E-state index contributed by atoms with van der Waals surface area (Å²) in [6, 6.07) is 7.83. The highest BCUT2D eigenvalue weighted by atomic mass is 32.2. The van der Waals surface area contributed by atoms with Crippen LogP contribution in [-0.2, 0) is 16.0 Å². The maximum absolute atomic E-state index is 12.3. The molecule has 1 fully saturated rings. The van der Waals surface area contributed by atoms with E-state index in [0.29, 0.717) is 6.42 Å². The van der Waals surface area contributed by atoms with E-state index in [2.05, 4.69) is 5.32 Å². The van der Waals surface area contributed by atoms with E-state index in [0.717, 1.165) is 24.2 Å². The van der Waals surface area contributed by atoms with Crippen LogP contribution in [0.2, 0.25) is 0 Å². The fourth-order valence-corrected chi connectivity index (χ4v) is 4.24. The Labute approximate surface area is 121 Å². The molecule has 2 aliphatic rings. The predicted octanol–water partition coefficient (Wildman–Crippen LogP) is 2.07. The van der Waals surface area contributed by atoms with Gasteiger partial charge in [-0.3, -0.25) is 9.59 Å². The molecular formula is C15H17NO3S. The van der Waals surface area contributed by atoms with Crippen molar-refractivity contribution in [2.45, 2.75) is 41.9 Å². The molecule has 3 rings (SSSR count). The first kappa shape index (κ1) is 13.5. The summed E-state index contributed by atoms with van der Waals surface area (Å²) in [5, 5.41) is 12.0. The number of thioether (sulfide) groups is 1. The number of carboxylic acid groups (broad SMARTS) is 1. The van der Waals surface area contributed by atoms with Crippen molar-refractivity contribution in [3.05, 3.63) is 29.8 Å². The highest BCUT2D eigenvalue weighted by Gasteiger charge is 2.36. The quantitative estimate of drug-likeness (QED) is 0.894. The summed E-state index contributed by atoms with van der Waals surface area (Å²) in [5.41, 5.74) is 1.21. The van der Waals surface area contributed by atoms with Crippen LogP contribution in [0.4, 0.5) is 0 Å². The zero-order valence-electron chi connectivity index (χ0n) is 11.0. The molecule has 1 aliphatic heterocycles. The van der Waals surface area contributed by atoms with Crippen LogP contribution in [0.3, 0.4) is 0 Å². The van der Waals surface area contributed by atoms with E-state index < -0.39 is 11.9 Å². The minimum absolute atomic E-state index is 0.0238. The van der Waals surface area contributed by atoms with E-state index >= 15 is 0 Å². The first-order valence-electron chi connectivity index (χ1n) is 6.93. The Morgan fingerprint density at radius 2 is 2.05 bits per heavy atom. The molecule has 0 aromatic heterocycles. The molecule has 0 saturated heterocycles. The van der Waals surface area contributed by atoms with Gasteiger partial charge in [-0.1, -0.05) is 24.6 Å². The summed E-state index contributed by atoms with van der Waals surface area (Å²) in [6.45, 7) is 0. The van der Waals surface area contributed by atoms with Gasteiger partial charge in [-0.2, -0.15) is 0 Å². The summed E-state index contributed by atoms with van der Waals surface area (Å²) in [7, 11) is 0. The molecule has 1 saturated carbocycles. The van der Waals surface area contributed by atoms with Crippen LogP contribution in [0.15, 0.2) is 29.2 Å². The molecule has 106 valence electrons. The Morgan fingerprint density at radius 1 is 1.25 bits per heavy atom. The van der Waals surface area contributed by atoms with Crippen LogP contribution in [0, 0.1) is 5.92 Å². The van der Waals surface area contributed by atoms with Gasteiger partial charge < -0.3 is 10.4 Å². The Hall–Kier alpha value is -1.49. The van der Waals surface area contributed by atoms with Gasteiger partial charge in [-0.15, -0.1) is 11.8 Å². The van der Waals surface area contributed by atoms with E-state index in [1.807, 2.05) is 24.3 Å². The number of rotatable bonds is 3. The Bertz CT molecular complexity index is 521. The Kier molecular flexibility index (Phi) is 3.70. The summed E-state index contributed by atoms with van der Waals surface area (Å²) < 4.78 is 0. The summed E-state index contributed by atoms with van der Waals surface area (Å²) >= 11 is 1.58. The summed E-state index contributed by atoms with van der Waals surface area (Å²) in [6.07, 6.45) is 3.04. The van der Waals surface area contributed by atoms with Crippen molar-refractivity contribution in [3.63, 3.8) is 0 Å². The van der Waals surface area contributed by atoms with E-state index in [1.165, 1.54) is 5.56 Å². The topological polar surface area (TPSA) is 66.4 Å². The van der Waals surface area contributed by atoms with Crippen molar-refractivity contribution in [3.8, 4) is 0 Å². The third-order valence-electron chi connectivity index (χ3n) is 4.10. The highest BCUT2D eigenvalue weighted by Crippen LogP contribution is 2.37. The van der Waals surface area contributed by atoms with Crippen LogP contribution in [0.5, 0.6) is 0 Å². The molecule has 3 atom stereocenters. The molecule has 1 aromatic rings. The van der Waals surface area contributed by atoms with Crippen molar-refractivity contribution < 1.29 is 14.7 Å². The number of carbonyl (C=O) groups excluding carboxylic acids is 1. The van der Waals surface area contributed by atoms with Gasteiger partial charge in [0.05, 0.1) is 11.2 Å². The van der Waals surface area contributed by atoms with Crippen LogP contribution >= 0.6 is 11.8 Å². The van der Waals surface area contributed by atoms with Crippen molar-refractivity contribution in [2.24, 2.45) is 5.92 Å². The van der Waals surface area contributed by atoms with Gasteiger partial charge in [-0.25, -0.2) is 0 Å². The van der Waals surface area contributed by atoms with Crippen LogP contribution in [-0.4, -0.2) is 28.3 Å². The molecule has 1 amide bonds. The van der Waals surface area contributed by atoms with E-state index in [-0.39, 0.29) is 17.2 Å². The van der Waals surface area contributed by atoms with Crippen molar-refractivity contribution in [2.75, 3.05) is 0 Å². The number of carbonyl (C=O) groups is 2. The molecule has 0 spiro atoms. The van der Waals surface area contributed by atoms with Crippen molar-refractivity contribution in [1.82, 2.24) is 5.32 Å². The van der Waals surface area contributed by atoms with Gasteiger partial charge in [-0.05, 0) is 30.9 Å². The fraction of sp³-hybridized carbons (Fsp3) is 0.467. The van der Waals surface area contributed by atoms with Gasteiger partial charge >= 0.3 is 5.97 Å². The van der Waals surface area contributed by atoms with Gasteiger partial charge in [0.25, 0.3) is 0 Å². The van der Waals surface area contributed by atoms with E-state index in [9.17, 15) is 9.59 Å². The number of fused-ring (bicyclic) bond motifs is 1. The average Bonchev–Trinajstić information content (AvgIpc) is 3.03.